The van der Waals surface area contributed by atoms with Crippen LogP contribution in [0.3, 0.4) is 0 Å². The van der Waals surface area contributed by atoms with Gasteiger partial charge in [0.1, 0.15) is 32.9 Å². The predicted molar refractivity (Wildman–Crippen MR) is 298 cm³/mol. The van der Waals surface area contributed by atoms with Crippen LogP contribution in [0.25, 0.3) is 0 Å². The Kier molecular flexibility index (Phi) is 24.0. The first-order valence-corrected chi connectivity index (χ1v) is 27.3. The smallest absolute Gasteiger partial charge is 0.521 e. The summed E-state index contributed by atoms with van der Waals surface area (Å²) in [7, 11) is -4.54. The van der Waals surface area contributed by atoms with Crippen LogP contribution in [-0.4, -0.2) is 130 Å². The number of ether oxygens (including phenoxy) is 2. The monoisotopic (exact) mass is 1110 g/mol. The first-order chi connectivity index (χ1) is 35.1. The quantitative estimate of drug-likeness (QED) is 0.0209. The molecule has 6 aromatic rings. The van der Waals surface area contributed by atoms with Crippen molar-refractivity contribution in [2.75, 3.05) is 98.5 Å². The van der Waals surface area contributed by atoms with Crippen LogP contribution in [0.1, 0.15) is 67.0 Å². The number of benzene rings is 4. The standard InChI is InChI=1S/2C24H29N5O2S.CH4.H3O4P.HO4P.H2/c2*1-16(2)28-11-13-29(14-12-28)19-9-7-18(8-10-19)26-24-27-23(25)22(32-24)21(30)17-5-4-6-20(15-17)31-3;;1-5(2,3)4;1-4-5(2)3;/h2*4-10,15-16H,11-14,25H2,1-3H3,(H,26,27);1H4;(H3,1,2,3,4);1H;1H. The van der Waals surface area contributed by atoms with Gasteiger partial charge in [0.15, 0.2) is 10.3 Å². The molecule has 0 radical (unpaired) electrons. The zero-order valence-corrected chi connectivity index (χ0v) is 45.1. The third-order valence-electron chi connectivity index (χ3n) is 11.5. The number of carbonyl (C=O) groups excluding carboxylic acids is 2. The van der Waals surface area contributed by atoms with Crippen molar-refractivity contribution in [2.24, 2.45) is 0 Å². The van der Waals surface area contributed by atoms with E-state index in [1.54, 1.807) is 62.8 Å². The van der Waals surface area contributed by atoms with Gasteiger partial charge in [-0.1, -0.05) is 54.4 Å². The maximum Gasteiger partial charge on any atom is 0.521 e. The predicted octanol–water partition coefficient (Wildman–Crippen LogP) is 7.93. The summed E-state index contributed by atoms with van der Waals surface area (Å²) in [5, 5.41) is 14.8. The minimum Gasteiger partial charge on any atom is -0.565 e. The molecule has 0 spiro atoms. The Morgan fingerprint density at radius 3 is 1.27 bits per heavy atom. The van der Waals surface area contributed by atoms with E-state index in [1.165, 1.54) is 34.0 Å². The van der Waals surface area contributed by atoms with E-state index in [1.807, 2.05) is 24.3 Å². The molecule has 1 atom stereocenters. The van der Waals surface area contributed by atoms with E-state index in [4.69, 9.17) is 54.9 Å². The molecule has 408 valence electrons. The molecule has 2 aromatic heterocycles. The SMILES string of the molecule is C.COc1cccc(C(=O)c2sc(Nc3ccc(N4CCN(C(C)C)CC4)cc3)nc2N)c1.COc1cccc(C(=O)c2sc(Nc3ccc(N4CCN(C(C)C)CC4)cc3)nc2N)c1.O=P(O)(O)O.O=[P+]([O-])OO.[HH]. The largest absolute Gasteiger partial charge is 0.565 e. The van der Waals surface area contributed by atoms with E-state index in [-0.39, 0.29) is 32.1 Å². The molecular weight excluding hydrogens is 1050 g/mol. The highest BCUT2D eigenvalue weighted by atomic mass is 32.1. The van der Waals surface area contributed by atoms with E-state index in [0.717, 1.165) is 63.7 Å². The van der Waals surface area contributed by atoms with Crippen LogP contribution in [0.2, 0.25) is 0 Å². The lowest BCUT2D eigenvalue weighted by atomic mass is 10.1. The molecule has 4 aromatic carbocycles. The number of carbonyl (C=O) groups is 2. The highest BCUT2D eigenvalue weighted by molar-refractivity contribution is 7.45. The number of nitrogens with one attached hydrogen (secondary N) is 2. The van der Waals surface area contributed by atoms with Crippen molar-refractivity contribution in [2.45, 2.75) is 47.2 Å². The lowest BCUT2D eigenvalue weighted by molar-refractivity contribution is -0.244. The third kappa shape index (κ3) is 19.2. The van der Waals surface area contributed by atoms with Gasteiger partial charge in [-0.3, -0.25) is 19.4 Å². The van der Waals surface area contributed by atoms with Gasteiger partial charge in [-0.2, -0.15) is 0 Å². The molecule has 4 heterocycles. The van der Waals surface area contributed by atoms with Gasteiger partial charge in [0, 0.05) is 104 Å². The van der Waals surface area contributed by atoms with E-state index < -0.39 is 16.1 Å². The number of methoxy groups -OCH3 is 2. The maximum atomic E-state index is 12.9. The summed E-state index contributed by atoms with van der Waals surface area (Å²) in [6, 6.07) is 31.9. The van der Waals surface area contributed by atoms with Crippen LogP contribution in [0, 0.1) is 0 Å². The van der Waals surface area contributed by atoms with E-state index in [0.29, 0.717) is 54.7 Å². The van der Waals surface area contributed by atoms with Crippen LogP contribution < -0.4 is 46.3 Å². The molecular formula is C49H68N10O12P2S2. The Balaban J connectivity index is 0.000000332. The van der Waals surface area contributed by atoms with Gasteiger partial charge in [-0.15, -0.1) is 0 Å². The fourth-order valence-electron chi connectivity index (χ4n) is 7.64. The molecule has 26 heteroatoms. The number of hydrogen-bond acceptors (Lipinski definition) is 21. The molecule has 0 saturated carbocycles. The van der Waals surface area contributed by atoms with Crippen molar-refractivity contribution < 1.29 is 59.1 Å². The van der Waals surface area contributed by atoms with Gasteiger partial charge in [0.05, 0.1) is 14.2 Å². The summed E-state index contributed by atoms with van der Waals surface area (Å²) in [5.74, 6) is 1.38. The lowest BCUT2D eigenvalue weighted by Crippen LogP contribution is -2.48. The summed E-state index contributed by atoms with van der Waals surface area (Å²) in [6.45, 7) is 17.4. The van der Waals surface area contributed by atoms with Crippen molar-refractivity contribution in [3.05, 3.63) is 118 Å². The number of rotatable bonds is 15. The van der Waals surface area contributed by atoms with Gasteiger partial charge in [-0.05, 0) is 105 Å². The van der Waals surface area contributed by atoms with Crippen molar-refractivity contribution in [1.82, 2.24) is 19.8 Å². The van der Waals surface area contributed by atoms with E-state index >= 15 is 0 Å². The molecule has 2 aliphatic rings. The number of thiazole rings is 2. The topological polar surface area (TPSA) is 315 Å². The lowest BCUT2D eigenvalue weighted by Gasteiger charge is -2.38. The average molecular weight is 1120 g/mol. The highest BCUT2D eigenvalue weighted by Gasteiger charge is 2.23. The number of nitrogens with zero attached hydrogens (tertiary/aromatic N) is 6. The molecule has 10 N–H and O–H groups in total. The molecule has 2 aliphatic heterocycles. The molecule has 22 nitrogen and oxygen atoms in total. The first kappa shape index (κ1) is 61.4. The summed E-state index contributed by atoms with van der Waals surface area (Å²) in [6.07, 6.45) is 0. The van der Waals surface area contributed by atoms with Gasteiger partial charge in [0.25, 0.3) is 0 Å². The highest BCUT2D eigenvalue weighted by Crippen LogP contribution is 2.33. The van der Waals surface area contributed by atoms with E-state index in [9.17, 15) is 9.59 Å². The van der Waals surface area contributed by atoms with Gasteiger partial charge < -0.3 is 60.9 Å². The van der Waals surface area contributed by atoms with Crippen LogP contribution in [0.4, 0.5) is 44.6 Å². The van der Waals surface area contributed by atoms with Crippen LogP contribution in [0.15, 0.2) is 97.1 Å². The van der Waals surface area contributed by atoms with Crippen LogP contribution in [0.5, 0.6) is 11.5 Å². The molecule has 0 bridgehead atoms. The summed E-state index contributed by atoms with van der Waals surface area (Å²) >= 11 is 2.50. The molecule has 1 unspecified atom stereocenters. The molecule has 0 amide bonds. The molecule has 2 fully saturated rings. The van der Waals surface area contributed by atoms with Gasteiger partial charge >= 0.3 is 16.1 Å². The minimum atomic E-state index is -4.64. The van der Waals surface area contributed by atoms with Crippen molar-refractivity contribution >= 4 is 95.0 Å². The zero-order valence-electron chi connectivity index (χ0n) is 41.7. The van der Waals surface area contributed by atoms with Crippen molar-refractivity contribution in [3.8, 4) is 11.5 Å². The second-order valence-electron chi connectivity index (χ2n) is 17.0. The number of nitrogen functional groups attached to an aromatic ring is 2. The third-order valence-corrected chi connectivity index (χ3v) is 13.6. The minimum absolute atomic E-state index is 0. The summed E-state index contributed by atoms with van der Waals surface area (Å²) < 4.78 is 30.9. The fraction of sp³-hybridized carbons (Fsp3) is 0.347. The van der Waals surface area contributed by atoms with Crippen LogP contribution >= 0.6 is 38.8 Å². The Hall–Kier alpha value is -6.11. The van der Waals surface area contributed by atoms with E-state index in [2.05, 4.69) is 96.8 Å². The molecule has 8 rings (SSSR count). The van der Waals surface area contributed by atoms with Crippen LogP contribution in [-0.2, 0) is 13.8 Å². The number of hydrogen-bond donors (Lipinski definition) is 8. The molecule has 0 aliphatic carbocycles. The summed E-state index contributed by atoms with van der Waals surface area (Å²) in [4.78, 5) is 75.6. The Morgan fingerprint density at radius 2 is 0.987 bits per heavy atom. The Morgan fingerprint density at radius 1 is 0.667 bits per heavy atom. The van der Waals surface area contributed by atoms with Gasteiger partial charge in [0.2, 0.25) is 11.6 Å². The normalized spacial score (nSPS) is 14.0. The maximum absolute atomic E-state index is 12.9. The average Bonchev–Trinajstić information content (AvgIpc) is 3.95. The second kappa shape index (κ2) is 29.3. The first-order valence-electron chi connectivity index (χ1n) is 23.0. The Labute approximate surface area is 447 Å². The number of piperazine rings is 2. The molecule has 2 saturated heterocycles. The number of ketones is 2. The number of anilines is 8. The number of phosphoric acid groups is 1. The van der Waals surface area contributed by atoms with Crippen molar-refractivity contribution in [3.63, 3.8) is 0 Å². The Bertz CT molecular complexity index is 2640. The fourth-order valence-corrected chi connectivity index (χ4v) is 9.37. The molecule has 75 heavy (non-hydrogen) atoms. The second-order valence-corrected chi connectivity index (χ2v) is 20.6. The number of nitrogens with two attached hydrogens (primary N) is 2. The van der Waals surface area contributed by atoms with Gasteiger partial charge in [-0.25, -0.2) is 19.8 Å². The zero-order chi connectivity index (χ0) is 54.1. The summed E-state index contributed by atoms with van der Waals surface area (Å²) in [5.41, 5.74) is 17.4. The van der Waals surface area contributed by atoms with Crippen molar-refractivity contribution in [1.29, 1.82) is 0 Å². The number of aromatic nitrogens is 2.